The third kappa shape index (κ3) is 2.95. The molecule has 3 rings (SSSR count). The van der Waals surface area contributed by atoms with E-state index in [9.17, 15) is 14.9 Å². The maximum atomic E-state index is 12.5. The SMILES string of the molecule is O=C(CCN1CCOCC1)N1CCc2cccc([N+](=O)[O-])c21. The van der Waals surface area contributed by atoms with Crippen molar-refractivity contribution in [3.05, 3.63) is 33.9 Å². The van der Waals surface area contributed by atoms with Crippen molar-refractivity contribution in [2.75, 3.05) is 44.3 Å². The number of benzene rings is 1. The number of morpholine rings is 1. The van der Waals surface area contributed by atoms with Gasteiger partial charge in [-0.2, -0.15) is 0 Å². The molecule has 7 heteroatoms. The molecule has 0 aromatic heterocycles. The van der Waals surface area contributed by atoms with Gasteiger partial charge in [0.1, 0.15) is 5.69 Å². The van der Waals surface area contributed by atoms with Crippen LogP contribution in [0.4, 0.5) is 11.4 Å². The number of anilines is 1. The number of hydrogen-bond donors (Lipinski definition) is 0. The number of rotatable bonds is 4. The standard InChI is InChI=1S/C15H19N3O4/c19-14(5-6-16-8-10-22-11-9-16)17-7-4-12-2-1-3-13(15(12)17)18(20)21/h1-3H,4-11H2. The van der Waals surface area contributed by atoms with Crippen LogP contribution < -0.4 is 4.90 Å². The molecule has 0 radical (unpaired) electrons. The highest BCUT2D eigenvalue weighted by atomic mass is 16.6. The van der Waals surface area contributed by atoms with E-state index in [1.807, 2.05) is 6.07 Å². The monoisotopic (exact) mass is 305 g/mol. The first kappa shape index (κ1) is 14.9. The lowest BCUT2D eigenvalue weighted by atomic mass is 10.1. The van der Waals surface area contributed by atoms with Crippen molar-refractivity contribution in [2.45, 2.75) is 12.8 Å². The van der Waals surface area contributed by atoms with Gasteiger partial charge >= 0.3 is 0 Å². The Morgan fingerprint density at radius 1 is 1.27 bits per heavy atom. The predicted octanol–water partition coefficient (Wildman–Crippen LogP) is 1.21. The van der Waals surface area contributed by atoms with Gasteiger partial charge in [0, 0.05) is 38.7 Å². The quantitative estimate of drug-likeness (QED) is 0.617. The van der Waals surface area contributed by atoms with Crippen LogP contribution in [0.3, 0.4) is 0 Å². The molecule has 1 aromatic carbocycles. The van der Waals surface area contributed by atoms with Crippen LogP contribution in [-0.2, 0) is 16.0 Å². The van der Waals surface area contributed by atoms with Crippen LogP contribution in [0.15, 0.2) is 18.2 Å². The Labute approximate surface area is 128 Å². The van der Waals surface area contributed by atoms with E-state index in [1.54, 1.807) is 11.0 Å². The summed E-state index contributed by atoms with van der Waals surface area (Å²) in [5, 5.41) is 11.2. The first-order chi connectivity index (χ1) is 10.7. The van der Waals surface area contributed by atoms with Gasteiger partial charge < -0.3 is 9.64 Å². The number of carbonyl (C=O) groups is 1. The molecule has 0 unspecified atom stereocenters. The summed E-state index contributed by atoms with van der Waals surface area (Å²) in [5.74, 6) is -0.0421. The van der Waals surface area contributed by atoms with Crippen molar-refractivity contribution in [1.29, 1.82) is 0 Å². The fraction of sp³-hybridized carbons (Fsp3) is 0.533. The second kappa shape index (κ2) is 6.41. The molecule has 0 N–H and O–H groups in total. The number of nitrogens with zero attached hydrogens (tertiary/aromatic N) is 3. The van der Waals surface area contributed by atoms with Crippen molar-refractivity contribution in [3.63, 3.8) is 0 Å². The number of carbonyl (C=O) groups excluding carboxylic acids is 1. The molecule has 2 aliphatic heterocycles. The van der Waals surface area contributed by atoms with Gasteiger partial charge in [0.25, 0.3) is 5.69 Å². The van der Waals surface area contributed by atoms with Crippen molar-refractivity contribution >= 4 is 17.3 Å². The summed E-state index contributed by atoms with van der Waals surface area (Å²) < 4.78 is 5.28. The van der Waals surface area contributed by atoms with Gasteiger partial charge in [0.05, 0.1) is 18.1 Å². The highest BCUT2D eigenvalue weighted by Crippen LogP contribution is 2.37. The molecule has 0 aliphatic carbocycles. The van der Waals surface area contributed by atoms with E-state index >= 15 is 0 Å². The topological polar surface area (TPSA) is 75.9 Å². The zero-order chi connectivity index (χ0) is 15.5. The van der Waals surface area contributed by atoms with E-state index in [0.29, 0.717) is 44.8 Å². The van der Waals surface area contributed by atoms with Crippen molar-refractivity contribution < 1.29 is 14.5 Å². The minimum absolute atomic E-state index is 0.0229. The predicted molar refractivity (Wildman–Crippen MR) is 81.0 cm³/mol. The molecule has 0 spiro atoms. The smallest absolute Gasteiger partial charge is 0.293 e. The van der Waals surface area contributed by atoms with Crippen LogP contribution in [0, 0.1) is 10.1 Å². The van der Waals surface area contributed by atoms with Gasteiger partial charge in [0.15, 0.2) is 0 Å². The fourth-order valence-electron chi connectivity index (χ4n) is 3.05. The molecule has 0 atom stereocenters. The summed E-state index contributed by atoms with van der Waals surface area (Å²) in [6.07, 6.45) is 1.06. The number of fused-ring (bicyclic) bond motifs is 1. The number of nitro benzene ring substituents is 1. The Kier molecular flexibility index (Phi) is 4.35. The Hall–Kier alpha value is -1.99. The van der Waals surface area contributed by atoms with Gasteiger partial charge in [-0.1, -0.05) is 12.1 Å². The van der Waals surface area contributed by atoms with Crippen LogP contribution in [0.25, 0.3) is 0 Å². The van der Waals surface area contributed by atoms with E-state index in [-0.39, 0.29) is 11.6 Å². The van der Waals surface area contributed by atoms with Crippen molar-refractivity contribution in [2.24, 2.45) is 0 Å². The Bertz CT molecular complexity index is 584. The van der Waals surface area contributed by atoms with Gasteiger partial charge in [-0.05, 0) is 12.0 Å². The van der Waals surface area contributed by atoms with Crippen LogP contribution in [0.5, 0.6) is 0 Å². The first-order valence-electron chi connectivity index (χ1n) is 7.53. The number of para-hydroxylation sites is 1. The summed E-state index contributed by atoms with van der Waals surface area (Å²) in [6, 6.07) is 5.00. The molecule has 0 saturated carbocycles. The molecule has 7 nitrogen and oxygen atoms in total. The van der Waals surface area contributed by atoms with Gasteiger partial charge in [-0.25, -0.2) is 0 Å². The molecule has 118 valence electrons. The van der Waals surface area contributed by atoms with Crippen LogP contribution in [0.2, 0.25) is 0 Å². The van der Waals surface area contributed by atoms with E-state index < -0.39 is 4.92 Å². The molecule has 0 bridgehead atoms. The lowest BCUT2D eigenvalue weighted by Crippen LogP contribution is -2.39. The third-order valence-corrected chi connectivity index (χ3v) is 4.22. The maximum absolute atomic E-state index is 12.5. The molecule has 1 aromatic rings. The second-order valence-electron chi connectivity index (χ2n) is 5.54. The third-order valence-electron chi connectivity index (χ3n) is 4.22. The van der Waals surface area contributed by atoms with Crippen molar-refractivity contribution in [1.82, 2.24) is 4.90 Å². The fourth-order valence-corrected chi connectivity index (χ4v) is 3.05. The maximum Gasteiger partial charge on any atom is 0.293 e. The average Bonchev–Trinajstić information content (AvgIpc) is 2.97. The van der Waals surface area contributed by atoms with E-state index in [0.717, 1.165) is 18.7 Å². The summed E-state index contributed by atoms with van der Waals surface area (Å²) in [4.78, 5) is 27.0. The number of amides is 1. The lowest BCUT2D eigenvalue weighted by molar-refractivity contribution is -0.384. The highest BCUT2D eigenvalue weighted by molar-refractivity contribution is 5.98. The summed E-state index contributed by atoms with van der Waals surface area (Å²) in [5.41, 5.74) is 1.39. The van der Waals surface area contributed by atoms with E-state index in [4.69, 9.17) is 4.74 Å². The Morgan fingerprint density at radius 3 is 2.77 bits per heavy atom. The number of hydrogen-bond acceptors (Lipinski definition) is 5. The van der Waals surface area contributed by atoms with Gasteiger partial charge in [0.2, 0.25) is 5.91 Å². The molecular formula is C15H19N3O4. The molecular weight excluding hydrogens is 286 g/mol. The number of nitro groups is 1. The lowest BCUT2D eigenvalue weighted by Gasteiger charge is -2.27. The highest BCUT2D eigenvalue weighted by Gasteiger charge is 2.31. The summed E-state index contributed by atoms with van der Waals surface area (Å²) in [7, 11) is 0. The van der Waals surface area contributed by atoms with E-state index in [2.05, 4.69) is 4.90 Å². The Balaban J connectivity index is 1.69. The molecule has 22 heavy (non-hydrogen) atoms. The molecule has 1 saturated heterocycles. The normalized spacial score (nSPS) is 18.3. The van der Waals surface area contributed by atoms with Crippen LogP contribution >= 0.6 is 0 Å². The number of ether oxygens (including phenoxy) is 1. The van der Waals surface area contributed by atoms with Gasteiger partial charge in [-0.15, -0.1) is 0 Å². The average molecular weight is 305 g/mol. The van der Waals surface area contributed by atoms with E-state index in [1.165, 1.54) is 6.07 Å². The minimum atomic E-state index is -0.410. The van der Waals surface area contributed by atoms with Gasteiger partial charge in [-0.3, -0.25) is 19.8 Å². The molecule has 1 amide bonds. The Morgan fingerprint density at radius 2 is 2.05 bits per heavy atom. The second-order valence-corrected chi connectivity index (χ2v) is 5.54. The summed E-state index contributed by atoms with van der Waals surface area (Å²) in [6.45, 7) is 4.28. The molecule has 2 heterocycles. The zero-order valence-electron chi connectivity index (χ0n) is 12.4. The largest absolute Gasteiger partial charge is 0.379 e. The van der Waals surface area contributed by atoms with Crippen LogP contribution in [0.1, 0.15) is 12.0 Å². The molecule has 1 fully saturated rings. The summed E-state index contributed by atoms with van der Waals surface area (Å²) >= 11 is 0. The first-order valence-corrected chi connectivity index (χ1v) is 7.53. The minimum Gasteiger partial charge on any atom is -0.379 e. The van der Waals surface area contributed by atoms with Crippen molar-refractivity contribution in [3.8, 4) is 0 Å². The zero-order valence-corrected chi connectivity index (χ0v) is 12.4. The molecule has 2 aliphatic rings. The van der Waals surface area contributed by atoms with Crippen LogP contribution in [-0.4, -0.2) is 55.1 Å².